The van der Waals surface area contributed by atoms with Gasteiger partial charge in [0, 0.05) is 42.9 Å². The molecule has 1 amide bonds. The Labute approximate surface area is 180 Å². The topological polar surface area (TPSA) is 89.9 Å². The standard InChI is InChI=1S/C24H26N6O/c1-2-3-12-30-20(15-29-11-5-7-21(29)31)28-22-23(30)18-9-8-16(13-19(18)27-24(22)25)17-6-4-10-26-14-17/h4,6,8-10,13-14H,2-3,5,7,11-12,15H2,1H3,(H2,25,27). The van der Waals surface area contributed by atoms with Gasteiger partial charge in [-0.2, -0.15) is 0 Å². The highest BCUT2D eigenvalue weighted by Gasteiger charge is 2.24. The number of aromatic nitrogens is 4. The van der Waals surface area contributed by atoms with Crippen molar-refractivity contribution in [3.8, 4) is 11.1 Å². The Hall–Kier alpha value is -3.48. The minimum absolute atomic E-state index is 0.200. The number of imidazole rings is 1. The Bertz CT molecular complexity index is 1260. The van der Waals surface area contributed by atoms with Gasteiger partial charge in [-0.3, -0.25) is 9.78 Å². The number of aryl methyl sites for hydroxylation is 1. The molecule has 1 fully saturated rings. The summed E-state index contributed by atoms with van der Waals surface area (Å²) in [6.07, 6.45) is 7.26. The normalized spacial score (nSPS) is 14.2. The molecule has 7 heteroatoms. The zero-order chi connectivity index (χ0) is 21.4. The maximum atomic E-state index is 12.2. The number of carbonyl (C=O) groups excluding carboxylic acids is 1. The smallest absolute Gasteiger partial charge is 0.223 e. The molecule has 0 atom stereocenters. The van der Waals surface area contributed by atoms with Crippen LogP contribution in [0.5, 0.6) is 0 Å². The van der Waals surface area contributed by atoms with E-state index in [1.165, 1.54) is 0 Å². The zero-order valence-corrected chi connectivity index (χ0v) is 17.7. The molecule has 1 aromatic carbocycles. The van der Waals surface area contributed by atoms with Gasteiger partial charge in [0.1, 0.15) is 11.3 Å². The lowest BCUT2D eigenvalue weighted by Gasteiger charge is -2.17. The van der Waals surface area contributed by atoms with E-state index in [1.807, 2.05) is 23.2 Å². The van der Waals surface area contributed by atoms with Crippen LogP contribution in [0.1, 0.15) is 38.4 Å². The molecule has 0 spiro atoms. The molecule has 0 saturated carbocycles. The van der Waals surface area contributed by atoms with Crippen molar-refractivity contribution >= 4 is 33.7 Å². The van der Waals surface area contributed by atoms with Gasteiger partial charge in [0.05, 0.1) is 17.6 Å². The van der Waals surface area contributed by atoms with Crippen LogP contribution < -0.4 is 5.73 Å². The van der Waals surface area contributed by atoms with E-state index in [0.717, 1.165) is 71.2 Å². The number of rotatable bonds is 6. The molecule has 4 aromatic rings. The third-order valence-corrected chi connectivity index (χ3v) is 6.02. The van der Waals surface area contributed by atoms with E-state index in [2.05, 4.69) is 39.7 Å². The summed E-state index contributed by atoms with van der Waals surface area (Å²) >= 11 is 0. The van der Waals surface area contributed by atoms with E-state index in [9.17, 15) is 4.79 Å². The average Bonchev–Trinajstić information content (AvgIpc) is 3.36. The van der Waals surface area contributed by atoms with Crippen molar-refractivity contribution in [1.82, 2.24) is 24.4 Å². The summed E-state index contributed by atoms with van der Waals surface area (Å²) in [5.74, 6) is 1.51. The molecule has 0 radical (unpaired) electrons. The van der Waals surface area contributed by atoms with Gasteiger partial charge in [-0.05, 0) is 30.5 Å². The van der Waals surface area contributed by atoms with E-state index in [1.54, 1.807) is 6.20 Å². The van der Waals surface area contributed by atoms with Crippen molar-refractivity contribution in [1.29, 1.82) is 0 Å². The summed E-state index contributed by atoms with van der Waals surface area (Å²) in [7, 11) is 0. The number of carbonyl (C=O) groups is 1. The molecule has 3 aromatic heterocycles. The number of amides is 1. The molecule has 31 heavy (non-hydrogen) atoms. The summed E-state index contributed by atoms with van der Waals surface area (Å²) in [6, 6.07) is 10.2. The van der Waals surface area contributed by atoms with Crippen LogP contribution in [-0.2, 0) is 17.9 Å². The first-order chi connectivity index (χ1) is 15.2. The number of nitrogens with two attached hydrogens (primary N) is 1. The number of fused-ring (bicyclic) bond motifs is 3. The van der Waals surface area contributed by atoms with Gasteiger partial charge in [0.15, 0.2) is 5.82 Å². The van der Waals surface area contributed by atoms with E-state index in [4.69, 9.17) is 10.7 Å². The first-order valence-electron chi connectivity index (χ1n) is 10.9. The number of likely N-dealkylation sites (tertiary alicyclic amines) is 1. The predicted molar refractivity (Wildman–Crippen MR) is 122 cm³/mol. The molecule has 7 nitrogen and oxygen atoms in total. The summed E-state index contributed by atoms with van der Waals surface area (Å²) in [5, 5.41) is 1.03. The second kappa shape index (κ2) is 7.98. The van der Waals surface area contributed by atoms with Crippen molar-refractivity contribution in [2.75, 3.05) is 12.3 Å². The molecule has 158 valence electrons. The monoisotopic (exact) mass is 414 g/mol. The van der Waals surface area contributed by atoms with E-state index in [0.29, 0.717) is 18.8 Å². The van der Waals surface area contributed by atoms with Gasteiger partial charge in [-0.1, -0.05) is 31.5 Å². The van der Waals surface area contributed by atoms with Gasteiger partial charge in [0.2, 0.25) is 5.91 Å². The molecule has 1 saturated heterocycles. The number of unbranched alkanes of at least 4 members (excludes halogenated alkanes) is 1. The highest BCUT2D eigenvalue weighted by molar-refractivity contribution is 6.07. The van der Waals surface area contributed by atoms with Crippen LogP contribution in [0.15, 0.2) is 42.7 Å². The van der Waals surface area contributed by atoms with Crippen LogP contribution in [0, 0.1) is 0 Å². The van der Waals surface area contributed by atoms with Crippen molar-refractivity contribution in [3.05, 3.63) is 48.5 Å². The number of benzene rings is 1. The van der Waals surface area contributed by atoms with Gasteiger partial charge in [0.25, 0.3) is 0 Å². The summed E-state index contributed by atoms with van der Waals surface area (Å²) in [5.41, 5.74) is 11.0. The average molecular weight is 415 g/mol. The molecular formula is C24H26N6O. The third kappa shape index (κ3) is 3.50. The van der Waals surface area contributed by atoms with Gasteiger partial charge in [-0.15, -0.1) is 0 Å². The quantitative estimate of drug-likeness (QED) is 0.512. The molecule has 4 heterocycles. The Morgan fingerprint density at radius 3 is 2.81 bits per heavy atom. The fourth-order valence-electron chi connectivity index (χ4n) is 4.39. The first-order valence-corrected chi connectivity index (χ1v) is 10.9. The second-order valence-electron chi connectivity index (χ2n) is 8.12. The first kappa shape index (κ1) is 19.5. The molecule has 5 rings (SSSR count). The minimum Gasteiger partial charge on any atom is -0.382 e. The highest BCUT2D eigenvalue weighted by Crippen LogP contribution is 2.32. The van der Waals surface area contributed by atoms with Crippen LogP contribution in [0.3, 0.4) is 0 Å². The SMILES string of the molecule is CCCCn1c(CN2CCCC2=O)nc2c(N)nc3cc(-c4cccnc4)ccc3c21. The predicted octanol–water partition coefficient (Wildman–Crippen LogP) is 4.15. The van der Waals surface area contributed by atoms with Gasteiger partial charge in [-0.25, -0.2) is 9.97 Å². The molecule has 0 unspecified atom stereocenters. The van der Waals surface area contributed by atoms with Crippen molar-refractivity contribution in [3.63, 3.8) is 0 Å². The lowest BCUT2D eigenvalue weighted by Crippen LogP contribution is -2.25. The van der Waals surface area contributed by atoms with Crippen LogP contribution in [-0.4, -0.2) is 36.9 Å². The fraction of sp³-hybridized carbons (Fsp3) is 0.333. The highest BCUT2D eigenvalue weighted by atomic mass is 16.2. The van der Waals surface area contributed by atoms with Gasteiger partial charge >= 0.3 is 0 Å². The third-order valence-electron chi connectivity index (χ3n) is 6.02. The molecule has 0 aliphatic carbocycles. The summed E-state index contributed by atoms with van der Waals surface area (Å²) in [6.45, 7) is 4.33. The van der Waals surface area contributed by atoms with Crippen LogP contribution >= 0.6 is 0 Å². The number of hydrogen-bond donors (Lipinski definition) is 1. The number of pyridine rings is 2. The van der Waals surface area contributed by atoms with Crippen molar-refractivity contribution in [2.45, 2.75) is 45.7 Å². The molecule has 2 N–H and O–H groups in total. The zero-order valence-electron chi connectivity index (χ0n) is 17.7. The molecule has 1 aliphatic heterocycles. The largest absolute Gasteiger partial charge is 0.382 e. The Kier molecular flexibility index (Phi) is 5.02. The summed E-state index contributed by atoms with van der Waals surface area (Å²) in [4.78, 5) is 27.9. The lowest BCUT2D eigenvalue weighted by molar-refractivity contribution is -0.128. The van der Waals surface area contributed by atoms with Crippen LogP contribution in [0.2, 0.25) is 0 Å². The minimum atomic E-state index is 0.200. The van der Waals surface area contributed by atoms with Crippen molar-refractivity contribution < 1.29 is 4.79 Å². The fourth-order valence-corrected chi connectivity index (χ4v) is 4.39. The summed E-state index contributed by atoms with van der Waals surface area (Å²) < 4.78 is 2.24. The molecule has 1 aliphatic rings. The van der Waals surface area contributed by atoms with E-state index in [-0.39, 0.29) is 5.91 Å². The Balaban J connectivity index is 1.68. The molecule has 0 bridgehead atoms. The molecular weight excluding hydrogens is 388 g/mol. The number of hydrogen-bond acceptors (Lipinski definition) is 5. The number of anilines is 1. The number of nitrogen functional groups attached to an aromatic ring is 1. The van der Waals surface area contributed by atoms with Gasteiger partial charge < -0.3 is 15.2 Å². The van der Waals surface area contributed by atoms with Crippen LogP contribution in [0.25, 0.3) is 33.1 Å². The van der Waals surface area contributed by atoms with E-state index < -0.39 is 0 Å². The lowest BCUT2D eigenvalue weighted by atomic mass is 10.0. The van der Waals surface area contributed by atoms with Crippen molar-refractivity contribution in [2.24, 2.45) is 0 Å². The maximum Gasteiger partial charge on any atom is 0.223 e. The van der Waals surface area contributed by atoms with E-state index >= 15 is 0 Å². The Morgan fingerprint density at radius 1 is 1.16 bits per heavy atom. The number of nitrogens with zero attached hydrogens (tertiary/aromatic N) is 5. The van der Waals surface area contributed by atoms with Crippen LogP contribution in [0.4, 0.5) is 5.82 Å². The Morgan fingerprint density at radius 2 is 2.06 bits per heavy atom. The maximum absolute atomic E-state index is 12.2. The second-order valence-corrected chi connectivity index (χ2v) is 8.12.